The third-order valence-electron chi connectivity index (χ3n) is 1.66. The largest absolute Gasteiger partial charge is 0.276 e. The summed E-state index contributed by atoms with van der Waals surface area (Å²) >= 11 is 6.89. The molecule has 0 saturated heterocycles. The number of nitrogens with zero attached hydrogens (tertiary/aromatic N) is 1. The maximum absolute atomic E-state index is 12.6. The molecule has 0 aromatic carbocycles. The number of aromatic nitrogens is 1. The molecule has 0 radical (unpaired) electrons. The van der Waals surface area contributed by atoms with Gasteiger partial charge < -0.3 is 0 Å². The van der Waals surface area contributed by atoms with Crippen molar-refractivity contribution in [3.05, 3.63) is 26.6 Å². The van der Waals surface area contributed by atoms with E-state index >= 15 is 0 Å². The van der Waals surface area contributed by atoms with Gasteiger partial charge in [0.05, 0.1) is 11.3 Å². The highest BCUT2D eigenvalue weighted by Crippen LogP contribution is 2.29. The van der Waals surface area contributed by atoms with E-state index in [0.29, 0.717) is 5.69 Å². The van der Waals surface area contributed by atoms with Gasteiger partial charge in [-0.25, -0.2) is 8.78 Å². The van der Waals surface area contributed by atoms with Crippen LogP contribution in [0.1, 0.15) is 28.0 Å². The Hall–Kier alpha value is -0.300. The lowest BCUT2D eigenvalue weighted by molar-refractivity contribution is 0.106. The van der Waals surface area contributed by atoms with Crippen LogP contribution in [0, 0.1) is 10.5 Å². The molecule has 0 spiro atoms. The second kappa shape index (κ2) is 4.48. The van der Waals surface area contributed by atoms with Crippen LogP contribution in [0.15, 0.2) is 6.20 Å². The van der Waals surface area contributed by atoms with E-state index in [4.69, 9.17) is 11.6 Å². The van der Waals surface area contributed by atoms with Crippen molar-refractivity contribution in [3.8, 4) is 0 Å². The molecule has 0 aliphatic heterocycles. The van der Waals surface area contributed by atoms with Crippen molar-refractivity contribution in [2.45, 2.75) is 13.3 Å². The number of aryl methyl sites for hydroxylation is 1. The van der Waals surface area contributed by atoms with Gasteiger partial charge in [0, 0.05) is 15.3 Å². The number of halogens is 4. The van der Waals surface area contributed by atoms with Crippen LogP contribution in [0.5, 0.6) is 0 Å². The molecule has 0 N–H and O–H groups in total. The lowest BCUT2D eigenvalue weighted by atomic mass is 10.1. The van der Waals surface area contributed by atoms with Crippen molar-refractivity contribution in [2.75, 3.05) is 0 Å². The Morgan fingerprint density at radius 3 is 2.64 bits per heavy atom. The minimum atomic E-state index is -2.72. The Balaban J connectivity index is 3.45. The molecule has 1 rings (SSSR count). The summed E-state index contributed by atoms with van der Waals surface area (Å²) in [7, 11) is 0. The molecular weight excluding hydrogens is 326 g/mol. The van der Waals surface area contributed by atoms with Gasteiger partial charge in [-0.05, 0) is 41.1 Å². The van der Waals surface area contributed by atoms with Gasteiger partial charge in [0.2, 0.25) is 0 Å². The molecule has 0 bridgehead atoms. The molecule has 1 aromatic heterocycles. The Morgan fingerprint density at radius 1 is 1.64 bits per heavy atom. The smallest absolute Gasteiger partial charge is 0.265 e. The number of pyridine rings is 1. The Bertz CT molecular complexity index is 384. The molecule has 0 aliphatic rings. The van der Waals surface area contributed by atoms with Gasteiger partial charge >= 0.3 is 0 Å². The van der Waals surface area contributed by atoms with E-state index < -0.39 is 11.7 Å². The highest BCUT2D eigenvalue weighted by molar-refractivity contribution is 14.1. The Labute approximate surface area is 97.8 Å². The van der Waals surface area contributed by atoms with Gasteiger partial charge in [-0.1, -0.05) is 0 Å². The molecule has 76 valence electrons. The Morgan fingerprint density at radius 2 is 2.21 bits per heavy atom. The Kier molecular flexibility index (Phi) is 3.77. The van der Waals surface area contributed by atoms with Crippen molar-refractivity contribution in [3.63, 3.8) is 0 Å². The van der Waals surface area contributed by atoms with Crippen molar-refractivity contribution < 1.29 is 13.6 Å². The number of rotatable bonds is 2. The first-order chi connectivity index (χ1) is 6.45. The molecule has 0 fully saturated rings. The van der Waals surface area contributed by atoms with Crippen molar-refractivity contribution in [1.82, 2.24) is 4.98 Å². The topological polar surface area (TPSA) is 30.0 Å². The van der Waals surface area contributed by atoms with Gasteiger partial charge in [-0.3, -0.25) is 9.78 Å². The summed E-state index contributed by atoms with van der Waals surface area (Å²) in [5.41, 5.74) is -0.0997. The zero-order chi connectivity index (χ0) is 10.9. The first kappa shape index (κ1) is 11.8. The molecule has 0 unspecified atom stereocenters. The molecule has 0 saturated carbocycles. The van der Waals surface area contributed by atoms with Crippen LogP contribution in [0.4, 0.5) is 8.78 Å². The summed E-state index contributed by atoms with van der Waals surface area (Å²) in [6, 6.07) is 0. The first-order valence-electron chi connectivity index (χ1n) is 3.58. The fraction of sp³-hybridized carbons (Fsp3) is 0.250. The number of carbonyl (C=O) groups is 1. The zero-order valence-electron chi connectivity index (χ0n) is 7.02. The summed E-state index contributed by atoms with van der Waals surface area (Å²) in [5, 5.41) is -0.911. The maximum atomic E-state index is 12.6. The maximum Gasteiger partial charge on any atom is 0.265 e. The third kappa shape index (κ3) is 2.20. The van der Waals surface area contributed by atoms with Gasteiger partial charge in [-0.15, -0.1) is 0 Å². The molecular formula is C8H5ClF2INO. The lowest BCUT2D eigenvalue weighted by Gasteiger charge is -2.08. The molecule has 1 heterocycles. The first-order valence-corrected chi connectivity index (χ1v) is 5.03. The van der Waals surface area contributed by atoms with Crippen LogP contribution in [0.2, 0.25) is 0 Å². The average molecular weight is 331 g/mol. The SMILES string of the molecule is Cc1ncc(C(=O)Cl)c(C(F)F)c1I. The monoisotopic (exact) mass is 331 g/mol. The van der Waals surface area contributed by atoms with Crippen molar-refractivity contribution >= 4 is 39.4 Å². The van der Waals surface area contributed by atoms with Crippen LogP contribution in [-0.4, -0.2) is 10.2 Å². The predicted octanol–water partition coefficient (Wildman–Crippen LogP) is 3.31. The van der Waals surface area contributed by atoms with E-state index in [0.717, 1.165) is 6.20 Å². The van der Waals surface area contributed by atoms with Gasteiger partial charge in [0.1, 0.15) is 0 Å². The number of hydrogen-bond acceptors (Lipinski definition) is 2. The van der Waals surface area contributed by atoms with E-state index in [1.165, 1.54) is 0 Å². The fourth-order valence-electron chi connectivity index (χ4n) is 0.971. The molecule has 2 nitrogen and oxygen atoms in total. The molecule has 0 atom stereocenters. The summed E-state index contributed by atoms with van der Waals surface area (Å²) < 4.78 is 25.5. The normalized spacial score (nSPS) is 10.7. The van der Waals surface area contributed by atoms with E-state index in [2.05, 4.69) is 4.98 Å². The summed E-state index contributed by atoms with van der Waals surface area (Å²) in [6.45, 7) is 1.59. The summed E-state index contributed by atoms with van der Waals surface area (Å²) in [5.74, 6) is 0. The quantitative estimate of drug-likeness (QED) is 0.615. The minimum absolute atomic E-state index is 0.225. The number of hydrogen-bond donors (Lipinski definition) is 0. The second-order valence-corrected chi connectivity index (χ2v) is 3.98. The highest BCUT2D eigenvalue weighted by Gasteiger charge is 2.22. The standard InChI is InChI=1S/C8H5ClF2INO/c1-3-6(12)5(8(10)11)4(2-13-3)7(9)14/h2,8H,1H3. The number of alkyl halides is 2. The van der Waals surface area contributed by atoms with Gasteiger partial charge in [-0.2, -0.15) is 0 Å². The van der Waals surface area contributed by atoms with E-state index in [1.54, 1.807) is 29.5 Å². The summed E-state index contributed by atoms with van der Waals surface area (Å²) in [4.78, 5) is 14.6. The highest BCUT2D eigenvalue weighted by atomic mass is 127. The fourth-order valence-corrected chi connectivity index (χ4v) is 1.79. The van der Waals surface area contributed by atoms with E-state index in [-0.39, 0.29) is 14.7 Å². The van der Waals surface area contributed by atoms with Crippen LogP contribution in [0.25, 0.3) is 0 Å². The summed E-state index contributed by atoms with van der Waals surface area (Å²) in [6.07, 6.45) is -1.64. The van der Waals surface area contributed by atoms with Gasteiger partial charge in [0.25, 0.3) is 11.7 Å². The average Bonchev–Trinajstić information content (AvgIpc) is 2.08. The van der Waals surface area contributed by atoms with Crippen LogP contribution in [0.3, 0.4) is 0 Å². The van der Waals surface area contributed by atoms with E-state index in [1.807, 2.05) is 0 Å². The zero-order valence-corrected chi connectivity index (χ0v) is 9.94. The molecule has 6 heteroatoms. The molecule has 14 heavy (non-hydrogen) atoms. The van der Waals surface area contributed by atoms with Crippen LogP contribution in [-0.2, 0) is 0 Å². The molecule has 0 aliphatic carbocycles. The minimum Gasteiger partial charge on any atom is -0.276 e. The lowest BCUT2D eigenvalue weighted by Crippen LogP contribution is -2.04. The van der Waals surface area contributed by atoms with Gasteiger partial charge in [0.15, 0.2) is 0 Å². The van der Waals surface area contributed by atoms with Crippen molar-refractivity contribution in [1.29, 1.82) is 0 Å². The van der Waals surface area contributed by atoms with E-state index in [9.17, 15) is 13.6 Å². The van der Waals surface area contributed by atoms with Crippen LogP contribution < -0.4 is 0 Å². The molecule has 0 amide bonds. The number of carbonyl (C=O) groups excluding carboxylic acids is 1. The second-order valence-electron chi connectivity index (χ2n) is 2.56. The predicted molar refractivity (Wildman–Crippen MR) is 56.8 cm³/mol. The van der Waals surface area contributed by atoms with Crippen LogP contribution >= 0.6 is 34.2 Å². The molecule has 1 aromatic rings. The van der Waals surface area contributed by atoms with Crippen molar-refractivity contribution in [2.24, 2.45) is 0 Å². The third-order valence-corrected chi connectivity index (χ3v) is 3.23.